The average molecular weight is 198 g/mol. The number of hydrogen-bond acceptors (Lipinski definition) is 2. The van der Waals surface area contributed by atoms with E-state index in [0.717, 1.165) is 19.3 Å². The molecule has 3 nitrogen and oxygen atoms in total. The third kappa shape index (κ3) is 2.32. The molecule has 0 amide bonds. The summed E-state index contributed by atoms with van der Waals surface area (Å²) in [6.07, 6.45) is 2.95. The minimum Gasteiger partial charge on any atom is -0.195 e. The van der Waals surface area contributed by atoms with Gasteiger partial charge >= 0.3 is 0 Å². The van der Waals surface area contributed by atoms with E-state index in [1.807, 2.05) is 6.92 Å². The summed E-state index contributed by atoms with van der Waals surface area (Å²) in [5.41, 5.74) is 0. The largest absolute Gasteiger partial charge is 0.300 e. The summed E-state index contributed by atoms with van der Waals surface area (Å²) in [6.45, 7) is 2.46. The first-order valence-electron chi connectivity index (χ1n) is 3.73. The van der Waals surface area contributed by atoms with Crippen molar-refractivity contribution in [2.45, 2.75) is 32.2 Å². The summed E-state index contributed by atoms with van der Waals surface area (Å²) in [5.74, 6) is 0. The van der Waals surface area contributed by atoms with Crippen molar-refractivity contribution in [1.82, 2.24) is 4.31 Å². The molecule has 0 bridgehead atoms. The Bertz CT molecular complexity index is 227. The number of halogens is 1. The average Bonchev–Trinajstić information content (AvgIpc) is 1.86. The predicted molar refractivity (Wildman–Crippen MR) is 44.8 cm³/mol. The molecule has 0 aromatic rings. The van der Waals surface area contributed by atoms with Crippen LogP contribution in [0, 0.1) is 0 Å². The Hall–Kier alpha value is 0.200. The first kappa shape index (κ1) is 9.29. The normalized spacial score (nSPS) is 28.7. The van der Waals surface area contributed by atoms with Gasteiger partial charge in [0.1, 0.15) is 0 Å². The fourth-order valence-corrected chi connectivity index (χ4v) is 2.89. The van der Waals surface area contributed by atoms with Gasteiger partial charge in [-0.3, -0.25) is 0 Å². The highest BCUT2D eigenvalue weighted by molar-refractivity contribution is 8.11. The smallest absolute Gasteiger partial charge is 0.195 e. The Kier molecular flexibility index (Phi) is 2.78. The van der Waals surface area contributed by atoms with Crippen LogP contribution >= 0.6 is 10.7 Å². The fraction of sp³-hybridized carbons (Fsp3) is 1.00. The molecular weight excluding hydrogens is 186 g/mol. The molecule has 0 saturated carbocycles. The molecule has 66 valence electrons. The maximum Gasteiger partial charge on any atom is 0.300 e. The summed E-state index contributed by atoms with van der Waals surface area (Å²) >= 11 is 0. The molecule has 1 rings (SSSR count). The summed E-state index contributed by atoms with van der Waals surface area (Å²) in [7, 11) is 1.74. The van der Waals surface area contributed by atoms with Gasteiger partial charge in [0.25, 0.3) is 9.24 Å². The number of piperidine rings is 1. The Morgan fingerprint density at radius 1 is 1.45 bits per heavy atom. The summed E-state index contributed by atoms with van der Waals surface area (Å²) in [5, 5.41) is 0. The van der Waals surface area contributed by atoms with Gasteiger partial charge in [-0.1, -0.05) is 6.42 Å². The Balaban J connectivity index is 2.70. The zero-order valence-electron chi connectivity index (χ0n) is 6.46. The van der Waals surface area contributed by atoms with Gasteiger partial charge < -0.3 is 0 Å². The standard InChI is InChI=1S/C6H12ClNO2S/c1-6-4-2-3-5-8(6)11(7,9)10/h6H,2-5H2,1H3. The first-order valence-corrected chi connectivity index (χ1v) is 6.00. The van der Waals surface area contributed by atoms with Crippen LogP contribution in [-0.2, 0) is 9.24 Å². The highest BCUT2D eigenvalue weighted by Crippen LogP contribution is 2.21. The molecule has 1 aliphatic rings. The third-order valence-corrected chi connectivity index (χ3v) is 3.66. The van der Waals surface area contributed by atoms with E-state index >= 15 is 0 Å². The lowest BCUT2D eigenvalue weighted by molar-refractivity contribution is 0.273. The van der Waals surface area contributed by atoms with Crippen molar-refractivity contribution in [2.24, 2.45) is 0 Å². The van der Waals surface area contributed by atoms with Crippen molar-refractivity contribution in [2.75, 3.05) is 6.54 Å². The quantitative estimate of drug-likeness (QED) is 0.595. The number of nitrogens with zero attached hydrogens (tertiary/aromatic N) is 1. The van der Waals surface area contributed by atoms with Gasteiger partial charge in [0.2, 0.25) is 0 Å². The first-order chi connectivity index (χ1) is 5.02. The van der Waals surface area contributed by atoms with Crippen molar-refractivity contribution in [1.29, 1.82) is 0 Å². The highest BCUT2D eigenvalue weighted by atomic mass is 35.7. The van der Waals surface area contributed by atoms with E-state index in [1.54, 1.807) is 0 Å². The Morgan fingerprint density at radius 3 is 2.45 bits per heavy atom. The van der Waals surface area contributed by atoms with Crippen LogP contribution in [-0.4, -0.2) is 25.3 Å². The summed E-state index contributed by atoms with van der Waals surface area (Å²) < 4.78 is 23.1. The van der Waals surface area contributed by atoms with Crippen LogP contribution < -0.4 is 0 Å². The van der Waals surface area contributed by atoms with Crippen LogP contribution in [0.25, 0.3) is 0 Å². The maximum atomic E-state index is 10.9. The molecule has 0 aromatic heterocycles. The molecule has 1 saturated heterocycles. The zero-order chi connectivity index (χ0) is 8.48. The molecular formula is C6H12ClNO2S. The van der Waals surface area contributed by atoms with Gasteiger partial charge in [-0.25, -0.2) is 0 Å². The second kappa shape index (κ2) is 3.29. The van der Waals surface area contributed by atoms with Gasteiger partial charge in [0, 0.05) is 23.3 Å². The van der Waals surface area contributed by atoms with Gasteiger partial charge in [-0.2, -0.15) is 12.7 Å². The van der Waals surface area contributed by atoms with Crippen LogP contribution in [0.15, 0.2) is 0 Å². The minimum atomic E-state index is -3.47. The lowest BCUT2D eigenvalue weighted by Gasteiger charge is -2.29. The molecule has 1 aliphatic heterocycles. The molecule has 0 N–H and O–H groups in total. The van der Waals surface area contributed by atoms with E-state index in [9.17, 15) is 8.42 Å². The van der Waals surface area contributed by atoms with Crippen LogP contribution in [0.1, 0.15) is 26.2 Å². The van der Waals surface area contributed by atoms with E-state index in [1.165, 1.54) is 4.31 Å². The number of rotatable bonds is 1. The lowest BCUT2D eigenvalue weighted by Crippen LogP contribution is -2.39. The van der Waals surface area contributed by atoms with Crippen LogP contribution in [0.5, 0.6) is 0 Å². The van der Waals surface area contributed by atoms with E-state index in [-0.39, 0.29) is 6.04 Å². The summed E-state index contributed by atoms with van der Waals surface area (Å²) in [6, 6.07) is 0.0752. The molecule has 0 aromatic carbocycles. The SMILES string of the molecule is CC1CCCCN1S(=O)(=O)Cl. The van der Waals surface area contributed by atoms with Crippen molar-refractivity contribution in [3.8, 4) is 0 Å². The molecule has 1 fully saturated rings. The van der Waals surface area contributed by atoms with E-state index < -0.39 is 9.24 Å². The molecule has 1 atom stereocenters. The van der Waals surface area contributed by atoms with E-state index in [0.29, 0.717) is 6.54 Å². The van der Waals surface area contributed by atoms with Crippen LogP contribution in [0.4, 0.5) is 0 Å². The monoisotopic (exact) mass is 197 g/mol. The predicted octanol–water partition coefficient (Wildman–Crippen LogP) is 1.34. The van der Waals surface area contributed by atoms with Gasteiger partial charge in [0.15, 0.2) is 0 Å². The lowest BCUT2D eigenvalue weighted by atomic mass is 10.1. The molecule has 0 aliphatic carbocycles. The van der Waals surface area contributed by atoms with Gasteiger partial charge in [-0.15, -0.1) is 0 Å². The molecule has 5 heteroatoms. The molecule has 1 unspecified atom stereocenters. The Morgan fingerprint density at radius 2 is 2.09 bits per heavy atom. The van der Waals surface area contributed by atoms with E-state index in [4.69, 9.17) is 10.7 Å². The second-order valence-electron chi connectivity index (χ2n) is 2.90. The highest BCUT2D eigenvalue weighted by Gasteiger charge is 2.27. The van der Waals surface area contributed by atoms with Crippen molar-refractivity contribution < 1.29 is 8.42 Å². The molecule has 0 spiro atoms. The van der Waals surface area contributed by atoms with Gasteiger partial charge in [-0.05, 0) is 19.8 Å². The molecule has 11 heavy (non-hydrogen) atoms. The van der Waals surface area contributed by atoms with Crippen molar-refractivity contribution >= 4 is 19.9 Å². The van der Waals surface area contributed by atoms with Crippen molar-refractivity contribution in [3.63, 3.8) is 0 Å². The summed E-state index contributed by atoms with van der Waals surface area (Å²) in [4.78, 5) is 0. The Labute approximate surface area is 71.9 Å². The van der Waals surface area contributed by atoms with E-state index in [2.05, 4.69) is 0 Å². The van der Waals surface area contributed by atoms with Crippen molar-refractivity contribution in [3.05, 3.63) is 0 Å². The second-order valence-corrected chi connectivity index (χ2v) is 5.36. The number of hydrogen-bond donors (Lipinski definition) is 0. The van der Waals surface area contributed by atoms with Crippen LogP contribution in [0.2, 0.25) is 0 Å². The third-order valence-electron chi connectivity index (χ3n) is 2.02. The fourth-order valence-electron chi connectivity index (χ4n) is 1.40. The van der Waals surface area contributed by atoms with Crippen LogP contribution in [0.3, 0.4) is 0 Å². The molecule has 1 heterocycles. The van der Waals surface area contributed by atoms with Gasteiger partial charge in [0.05, 0.1) is 0 Å². The minimum absolute atomic E-state index is 0.0752. The topological polar surface area (TPSA) is 37.4 Å². The molecule has 0 radical (unpaired) electrons. The maximum absolute atomic E-state index is 10.9. The zero-order valence-corrected chi connectivity index (χ0v) is 8.03.